The third kappa shape index (κ3) is 5.23. The molecule has 5 nitrogen and oxygen atoms in total. The first kappa shape index (κ1) is 23.6. The van der Waals surface area contributed by atoms with Gasteiger partial charge in [0.15, 0.2) is 0 Å². The minimum atomic E-state index is 0.0926. The van der Waals surface area contributed by atoms with Gasteiger partial charge in [-0.3, -0.25) is 4.99 Å². The van der Waals surface area contributed by atoms with E-state index in [1.165, 1.54) is 22.3 Å². The number of aromatic amines is 1. The summed E-state index contributed by atoms with van der Waals surface area (Å²) in [6.07, 6.45) is 8.38. The van der Waals surface area contributed by atoms with Crippen molar-refractivity contribution in [2.75, 3.05) is 0 Å². The molecule has 0 amide bonds. The number of aliphatic hydroxyl groups is 2. The fourth-order valence-corrected chi connectivity index (χ4v) is 4.21. The number of aliphatic hydroxyl groups excluding tert-OH is 2. The van der Waals surface area contributed by atoms with Crippen molar-refractivity contribution in [3.05, 3.63) is 99.8 Å². The van der Waals surface area contributed by atoms with Gasteiger partial charge < -0.3 is 15.2 Å². The molecular weight excluding hydrogens is 398 g/mol. The predicted molar refractivity (Wildman–Crippen MR) is 130 cm³/mol. The number of H-pyrrole nitrogens is 1. The van der Waals surface area contributed by atoms with Crippen LogP contribution in [-0.4, -0.2) is 26.4 Å². The summed E-state index contributed by atoms with van der Waals surface area (Å²) in [6, 6.07) is 12.2. The Kier molecular flexibility index (Phi) is 8.14. The molecule has 0 saturated carbocycles. The van der Waals surface area contributed by atoms with Crippen LogP contribution in [0.4, 0.5) is 0 Å². The van der Waals surface area contributed by atoms with Crippen molar-refractivity contribution in [3.63, 3.8) is 0 Å². The number of allylic oxidation sites excluding steroid dienone is 1. The van der Waals surface area contributed by atoms with Crippen LogP contribution < -0.4 is 0 Å². The fraction of sp³-hybridized carbons (Fsp3) is 0.333. The second-order valence-corrected chi connectivity index (χ2v) is 8.27. The summed E-state index contributed by atoms with van der Waals surface area (Å²) in [7, 11) is 0. The van der Waals surface area contributed by atoms with Gasteiger partial charge in [0.1, 0.15) is 0 Å². The molecular formula is C27H33N3O2. The first-order valence-electron chi connectivity index (χ1n) is 11.0. The highest BCUT2D eigenvalue weighted by atomic mass is 16.3. The van der Waals surface area contributed by atoms with E-state index in [1.807, 2.05) is 49.8 Å². The molecule has 5 heteroatoms. The third-order valence-corrected chi connectivity index (χ3v) is 6.46. The van der Waals surface area contributed by atoms with E-state index in [9.17, 15) is 10.2 Å². The Morgan fingerprint density at radius 3 is 1.97 bits per heavy atom. The number of nitrogens with zero attached hydrogens (tertiary/aromatic N) is 2. The highest BCUT2D eigenvalue weighted by Gasteiger charge is 2.16. The smallest absolute Gasteiger partial charge is 0.0921 e. The van der Waals surface area contributed by atoms with Crippen molar-refractivity contribution in [2.24, 2.45) is 4.99 Å². The Balaban J connectivity index is 0.000000181. The maximum Gasteiger partial charge on any atom is 0.0921 e. The minimum absolute atomic E-state index is 0.0926. The van der Waals surface area contributed by atoms with E-state index in [0.29, 0.717) is 5.92 Å². The summed E-state index contributed by atoms with van der Waals surface area (Å²) in [5, 5.41) is 18.5. The SMILES string of the molecule is Cc1c(CO)cccc1C(C)C1=CN=CC1.Cc1c(CO)cccc1C(C)c1cnc[nH]1. The summed E-state index contributed by atoms with van der Waals surface area (Å²) in [5.74, 6) is 0.656. The molecule has 3 N–H and O–H groups in total. The van der Waals surface area contributed by atoms with Crippen LogP contribution in [0.5, 0.6) is 0 Å². The van der Waals surface area contributed by atoms with Crippen LogP contribution in [0.3, 0.4) is 0 Å². The average Bonchev–Trinajstić information content (AvgIpc) is 3.54. The lowest BCUT2D eigenvalue weighted by Gasteiger charge is -2.17. The van der Waals surface area contributed by atoms with Crippen LogP contribution in [0.2, 0.25) is 0 Å². The molecule has 0 aliphatic carbocycles. The van der Waals surface area contributed by atoms with Crippen molar-refractivity contribution >= 4 is 6.21 Å². The van der Waals surface area contributed by atoms with Crippen LogP contribution in [0, 0.1) is 13.8 Å². The maximum atomic E-state index is 9.25. The Labute approximate surface area is 190 Å². The number of hydrogen-bond acceptors (Lipinski definition) is 4. The molecule has 3 aromatic rings. The molecule has 0 radical (unpaired) electrons. The number of nitrogens with one attached hydrogen (secondary N) is 1. The van der Waals surface area contributed by atoms with E-state index in [2.05, 4.69) is 47.9 Å². The van der Waals surface area contributed by atoms with Gasteiger partial charge in [-0.15, -0.1) is 0 Å². The van der Waals surface area contributed by atoms with Gasteiger partial charge in [-0.2, -0.15) is 0 Å². The first-order valence-corrected chi connectivity index (χ1v) is 11.0. The summed E-state index contributed by atoms with van der Waals surface area (Å²) in [4.78, 5) is 11.3. The number of rotatable bonds is 6. The minimum Gasteiger partial charge on any atom is -0.392 e. The molecule has 0 spiro atoms. The molecule has 0 fully saturated rings. The van der Waals surface area contributed by atoms with Gasteiger partial charge >= 0.3 is 0 Å². The summed E-state index contributed by atoms with van der Waals surface area (Å²) in [5.41, 5.74) is 9.33. The van der Waals surface area contributed by atoms with Gasteiger partial charge in [0.2, 0.25) is 0 Å². The monoisotopic (exact) mass is 431 g/mol. The molecule has 168 valence electrons. The highest BCUT2D eigenvalue weighted by Crippen LogP contribution is 2.31. The van der Waals surface area contributed by atoms with Gasteiger partial charge in [-0.1, -0.05) is 50.2 Å². The van der Waals surface area contributed by atoms with E-state index in [0.717, 1.165) is 28.8 Å². The van der Waals surface area contributed by atoms with E-state index in [1.54, 1.807) is 6.33 Å². The lowest BCUT2D eigenvalue weighted by atomic mass is 9.87. The van der Waals surface area contributed by atoms with Gasteiger partial charge in [0, 0.05) is 42.6 Å². The van der Waals surface area contributed by atoms with Gasteiger partial charge in [-0.05, 0) is 52.8 Å². The molecule has 0 bridgehead atoms. The molecule has 2 aromatic carbocycles. The Morgan fingerprint density at radius 1 is 0.906 bits per heavy atom. The standard InChI is InChI=1S/C14H17NO.C13H16N2O/c1-10(12-6-7-15-8-12)14-5-3-4-13(9-16)11(14)2;1-9-11(7-16)4-3-5-12(9)10(2)13-6-14-8-15-13/h3-5,7-8,10,16H,6,9H2,1-2H3;3-6,8,10,16H,7H2,1-2H3,(H,14,15). The highest BCUT2D eigenvalue weighted by molar-refractivity contribution is 5.66. The molecule has 2 atom stereocenters. The van der Waals surface area contributed by atoms with Gasteiger partial charge in [0.05, 0.1) is 19.5 Å². The average molecular weight is 432 g/mol. The molecule has 1 aliphatic heterocycles. The van der Waals surface area contributed by atoms with Crippen molar-refractivity contribution < 1.29 is 10.2 Å². The zero-order valence-corrected chi connectivity index (χ0v) is 19.3. The number of imidazole rings is 1. The van der Waals surface area contributed by atoms with Crippen LogP contribution in [-0.2, 0) is 13.2 Å². The zero-order chi connectivity index (χ0) is 23.1. The van der Waals surface area contributed by atoms with Crippen molar-refractivity contribution in [1.29, 1.82) is 0 Å². The molecule has 2 unspecified atom stereocenters. The third-order valence-electron chi connectivity index (χ3n) is 6.46. The van der Waals surface area contributed by atoms with E-state index < -0.39 is 0 Å². The van der Waals surface area contributed by atoms with Crippen LogP contribution in [0.1, 0.15) is 71.2 Å². The van der Waals surface area contributed by atoms with E-state index in [-0.39, 0.29) is 19.1 Å². The van der Waals surface area contributed by atoms with Crippen LogP contribution in [0.15, 0.2) is 65.7 Å². The van der Waals surface area contributed by atoms with Gasteiger partial charge in [0.25, 0.3) is 0 Å². The number of aliphatic imine (C=N–C) groups is 1. The van der Waals surface area contributed by atoms with Crippen LogP contribution in [0.25, 0.3) is 0 Å². The normalized spacial score (nSPS) is 14.5. The van der Waals surface area contributed by atoms with E-state index in [4.69, 9.17) is 0 Å². The Bertz CT molecular complexity index is 1080. The van der Waals surface area contributed by atoms with Gasteiger partial charge in [-0.25, -0.2) is 4.98 Å². The molecule has 0 saturated heterocycles. The molecule has 32 heavy (non-hydrogen) atoms. The number of benzene rings is 2. The quantitative estimate of drug-likeness (QED) is 0.495. The molecule has 2 heterocycles. The number of aromatic nitrogens is 2. The largest absolute Gasteiger partial charge is 0.392 e. The zero-order valence-electron chi connectivity index (χ0n) is 19.3. The number of hydrogen-bond donors (Lipinski definition) is 3. The lowest BCUT2D eigenvalue weighted by Crippen LogP contribution is -2.02. The Morgan fingerprint density at radius 2 is 1.50 bits per heavy atom. The fourth-order valence-electron chi connectivity index (χ4n) is 4.21. The van der Waals surface area contributed by atoms with Crippen LogP contribution >= 0.6 is 0 Å². The predicted octanol–water partition coefficient (Wildman–Crippen LogP) is 5.31. The first-order chi connectivity index (χ1) is 15.5. The molecule has 4 rings (SSSR count). The summed E-state index contributed by atoms with van der Waals surface area (Å²) in [6.45, 7) is 8.67. The summed E-state index contributed by atoms with van der Waals surface area (Å²) >= 11 is 0. The second-order valence-electron chi connectivity index (χ2n) is 8.27. The van der Waals surface area contributed by atoms with E-state index >= 15 is 0 Å². The summed E-state index contributed by atoms with van der Waals surface area (Å²) < 4.78 is 0. The lowest BCUT2D eigenvalue weighted by molar-refractivity contribution is 0.280. The Hall–Kier alpha value is -3.02. The molecule has 1 aliphatic rings. The van der Waals surface area contributed by atoms with Crippen molar-refractivity contribution in [2.45, 2.75) is 59.2 Å². The molecule has 1 aromatic heterocycles. The van der Waals surface area contributed by atoms with Crippen molar-refractivity contribution in [3.8, 4) is 0 Å². The maximum absolute atomic E-state index is 9.25. The van der Waals surface area contributed by atoms with Crippen molar-refractivity contribution in [1.82, 2.24) is 9.97 Å². The second kappa shape index (κ2) is 11.0. The topological polar surface area (TPSA) is 81.5 Å².